The number of ether oxygens (including phenoxy) is 3. The second-order valence-electron chi connectivity index (χ2n) is 7.64. The molecule has 0 spiro atoms. The maximum absolute atomic E-state index is 12.1. The van der Waals surface area contributed by atoms with Crippen LogP contribution in [0, 0.1) is 0 Å². The molecule has 28 heavy (non-hydrogen) atoms. The van der Waals surface area contributed by atoms with Gasteiger partial charge in [0.25, 0.3) is 5.91 Å². The molecule has 0 saturated heterocycles. The molecule has 0 heterocycles. The van der Waals surface area contributed by atoms with Crippen molar-refractivity contribution < 1.29 is 19.0 Å². The summed E-state index contributed by atoms with van der Waals surface area (Å²) in [6, 6.07) is 3.75. The first kappa shape index (κ1) is 24.7. The van der Waals surface area contributed by atoms with Crippen LogP contribution < -0.4 is 20.1 Å². The molecule has 1 rings (SSSR count). The lowest BCUT2D eigenvalue weighted by Gasteiger charge is -2.21. The SMILES string of the molecule is CCCCOCCCNCc1c(Br)ccc(OC)c1OCC(=O)NC(C)(C)C. The molecule has 1 amide bonds. The number of methoxy groups -OCH3 is 1. The van der Waals surface area contributed by atoms with Crippen molar-refractivity contribution in [3.63, 3.8) is 0 Å². The maximum Gasteiger partial charge on any atom is 0.258 e. The van der Waals surface area contributed by atoms with Crippen LogP contribution >= 0.6 is 15.9 Å². The highest BCUT2D eigenvalue weighted by Crippen LogP contribution is 2.36. The van der Waals surface area contributed by atoms with Crippen molar-refractivity contribution in [2.75, 3.05) is 33.5 Å². The van der Waals surface area contributed by atoms with E-state index in [-0.39, 0.29) is 18.1 Å². The second kappa shape index (κ2) is 13.0. The molecule has 2 N–H and O–H groups in total. The summed E-state index contributed by atoms with van der Waals surface area (Å²) in [6.07, 6.45) is 3.20. The highest BCUT2D eigenvalue weighted by Gasteiger charge is 2.18. The zero-order valence-electron chi connectivity index (χ0n) is 17.8. The summed E-state index contributed by atoms with van der Waals surface area (Å²) in [5.74, 6) is 1.01. The van der Waals surface area contributed by atoms with Crippen molar-refractivity contribution in [3.05, 3.63) is 22.2 Å². The van der Waals surface area contributed by atoms with E-state index in [9.17, 15) is 4.79 Å². The van der Waals surface area contributed by atoms with Crippen molar-refractivity contribution in [1.82, 2.24) is 10.6 Å². The van der Waals surface area contributed by atoms with E-state index in [0.717, 1.165) is 49.1 Å². The fraction of sp³-hybridized carbons (Fsp3) is 0.667. The van der Waals surface area contributed by atoms with Gasteiger partial charge in [-0.1, -0.05) is 29.3 Å². The minimum Gasteiger partial charge on any atom is -0.493 e. The Labute approximate surface area is 177 Å². The number of carbonyl (C=O) groups excluding carboxylic acids is 1. The van der Waals surface area contributed by atoms with Crippen LogP contribution in [0.1, 0.15) is 52.5 Å². The molecule has 0 aliphatic rings. The number of carbonyl (C=O) groups is 1. The Morgan fingerprint density at radius 1 is 1.18 bits per heavy atom. The van der Waals surface area contributed by atoms with Gasteiger partial charge >= 0.3 is 0 Å². The summed E-state index contributed by atoms with van der Waals surface area (Å²) in [4.78, 5) is 12.1. The number of rotatable bonds is 13. The van der Waals surface area contributed by atoms with Crippen molar-refractivity contribution in [1.29, 1.82) is 0 Å². The standard InChI is InChI=1S/C21H35BrN2O4/c1-6-7-12-27-13-8-11-23-14-16-17(22)9-10-18(26-5)20(16)28-15-19(25)24-21(2,3)4/h9-10,23H,6-8,11-15H2,1-5H3,(H,24,25). The molecule has 0 bridgehead atoms. The second-order valence-corrected chi connectivity index (χ2v) is 8.49. The number of halogens is 1. The maximum atomic E-state index is 12.1. The van der Waals surface area contributed by atoms with E-state index in [1.54, 1.807) is 7.11 Å². The minimum atomic E-state index is -0.300. The van der Waals surface area contributed by atoms with E-state index in [2.05, 4.69) is 33.5 Å². The van der Waals surface area contributed by atoms with Gasteiger partial charge in [0.05, 0.1) is 7.11 Å². The molecular weight excluding hydrogens is 424 g/mol. The van der Waals surface area contributed by atoms with Gasteiger partial charge in [0.15, 0.2) is 18.1 Å². The molecule has 0 aliphatic carbocycles. The fourth-order valence-corrected chi connectivity index (χ4v) is 2.97. The van der Waals surface area contributed by atoms with Crippen LogP contribution in [0.3, 0.4) is 0 Å². The molecule has 6 nitrogen and oxygen atoms in total. The van der Waals surface area contributed by atoms with Crippen LogP contribution in [0.15, 0.2) is 16.6 Å². The van der Waals surface area contributed by atoms with Crippen LogP contribution in [-0.2, 0) is 16.1 Å². The van der Waals surface area contributed by atoms with Gasteiger partial charge in [-0.2, -0.15) is 0 Å². The Balaban J connectivity index is 2.63. The first-order valence-corrected chi connectivity index (χ1v) is 10.7. The van der Waals surface area contributed by atoms with Crippen LogP contribution in [0.4, 0.5) is 0 Å². The Bertz CT molecular complexity index is 603. The van der Waals surface area contributed by atoms with E-state index >= 15 is 0 Å². The van der Waals surface area contributed by atoms with E-state index in [0.29, 0.717) is 18.0 Å². The van der Waals surface area contributed by atoms with Gasteiger partial charge in [0.2, 0.25) is 0 Å². The molecule has 1 aromatic rings. The fourth-order valence-electron chi connectivity index (χ4n) is 2.52. The Hall–Kier alpha value is -1.31. The van der Waals surface area contributed by atoms with Gasteiger partial charge in [-0.15, -0.1) is 0 Å². The highest BCUT2D eigenvalue weighted by atomic mass is 79.9. The highest BCUT2D eigenvalue weighted by molar-refractivity contribution is 9.10. The smallest absolute Gasteiger partial charge is 0.258 e. The monoisotopic (exact) mass is 458 g/mol. The summed E-state index contributed by atoms with van der Waals surface area (Å²) in [6.45, 7) is 10.9. The van der Waals surface area contributed by atoms with Crippen molar-refractivity contribution >= 4 is 21.8 Å². The molecule has 0 radical (unpaired) electrons. The van der Waals surface area contributed by atoms with Gasteiger partial charge in [-0.25, -0.2) is 0 Å². The largest absolute Gasteiger partial charge is 0.493 e. The predicted molar refractivity (Wildman–Crippen MR) is 116 cm³/mol. The normalized spacial score (nSPS) is 11.4. The van der Waals surface area contributed by atoms with Gasteiger partial charge in [0, 0.05) is 35.3 Å². The van der Waals surface area contributed by atoms with Crippen molar-refractivity contribution in [2.24, 2.45) is 0 Å². The number of amides is 1. The van der Waals surface area contributed by atoms with Gasteiger partial charge in [0.1, 0.15) is 0 Å². The number of benzene rings is 1. The summed E-state index contributed by atoms with van der Waals surface area (Å²) in [5.41, 5.74) is 0.626. The zero-order chi connectivity index (χ0) is 21.0. The quantitative estimate of drug-likeness (QED) is 0.436. The summed E-state index contributed by atoms with van der Waals surface area (Å²) in [7, 11) is 1.59. The van der Waals surface area contributed by atoms with E-state index in [1.807, 2.05) is 32.9 Å². The lowest BCUT2D eigenvalue weighted by atomic mass is 10.1. The third kappa shape index (κ3) is 9.75. The molecule has 0 atom stereocenters. The van der Waals surface area contributed by atoms with E-state index in [4.69, 9.17) is 14.2 Å². The first-order valence-electron chi connectivity index (χ1n) is 9.86. The number of nitrogens with one attached hydrogen (secondary N) is 2. The topological polar surface area (TPSA) is 68.8 Å². The average Bonchev–Trinajstić information content (AvgIpc) is 2.62. The summed E-state index contributed by atoms with van der Waals surface area (Å²) < 4.78 is 17.8. The molecular formula is C21H35BrN2O4. The van der Waals surface area contributed by atoms with E-state index < -0.39 is 0 Å². The molecule has 0 unspecified atom stereocenters. The van der Waals surface area contributed by atoms with Crippen LogP contribution in [0.25, 0.3) is 0 Å². The van der Waals surface area contributed by atoms with Gasteiger partial charge < -0.3 is 24.8 Å². The predicted octanol–water partition coefficient (Wildman–Crippen LogP) is 4.05. The van der Waals surface area contributed by atoms with Crippen LogP contribution in [0.5, 0.6) is 11.5 Å². The lowest BCUT2D eigenvalue weighted by molar-refractivity contribution is -0.124. The number of hydrogen-bond acceptors (Lipinski definition) is 5. The Morgan fingerprint density at radius 3 is 2.54 bits per heavy atom. The average molecular weight is 459 g/mol. The molecule has 0 saturated carbocycles. The molecule has 7 heteroatoms. The Morgan fingerprint density at radius 2 is 1.89 bits per heavy atom. The van der Waals surface area contributed by atoms with Crippen LogP contribution in [-0.4, -0.2) is 44.9 Å². The lowest BCUT2D eigenvalue weighted by Crippen LogP contribution is -2.43. The number of unbranched alkanes of at least 4 members (excludes halogenated alkanes) is 1. The summed E-state index contributed by atoms with van der Waals surface area (Å²) >= 11 is 3.58. The van der Waals surface area contributed by atoms with Gasteiger partial charge in [-0.3, -0.25) is 4.79 Å². The third-order valence-electron chi connectivity index (χ3n) is 3.84. The third-order valence-corrected chi connectivity index (χ3v) is 4.58. The molecule has 0 aliphatic heterocycles. The zero-order valence-corrected chi connectivity index (χ0v) is 19.4. The first-order chi connectivity index (χ1) is 13.3. The van der Waals surface area contributed by atoms with E-state index in [1.165, 1.54) is 0 Å². The van der Waals surface area contributed by atoms with Crippen LogP contribution in [0.2, 0.25) is 0 Å². The van der Waals surface area contributed by atoms with Crippen molar-refractivity contribution in [2.45, 2.75) is 59.0 Å². The molecule has 160 valence electrons. The molecule has 0 aromatic heterocycles. The van der Waals surface area contributed by atoms with Crippen molar-refractivity contribution in [3.8, 4) is 11.5 Å². The van der Waals surface area contributed by atoms with Gasteiger partial charge in [-0.05, 0) is 52.3 Å². The molecule has 1 aromatic carbocycles. The number of hydrogen-bond donors (Lipinski definition) is 2. The minimum absolute atomic E-state index is 0.0671. The Kier molecular flexibility index (Phi) is 11.5. The summed E-state index contributed by atoms with van der Waals surface area (Å²) in [5, 5.41) is 6.30. The molecule has 0 fully saturated rings.